The monoisotopic (exact) mass is 330 g/mol. The fraction of sp³-hybridized carbons (Fsp3) is 0.0625. The van der Waals surface area contributed by atoms with Crippen LogP contribution in [0.3, 0.4) is 0 Å². The molecule has 0 bridgehead atoms. The highest BCUT2D eigenvalue weighted by Gasteiger charge is 2.30. The highest BCUT2D eigenvalue weighted by Crippen LogP contribution is 2.30. The van der Waals surface area contributed by atoms with E-state index in [1.54, 1.807) is 18.2 Å². The van der Waals surface area contributed by atoms with Gasteiger partial charge in [-0.1, -0.05) is 18.2 Å². The Morgan fingerprint density at radius 3 is 2.71 bits per heavy atom. The fourth-order valence-corrected chi connectivity index (χ4v) is 2.05. The van der Waals surface area contributed by atoms with E-state index in [9.17, 15) is 13.2 Å². The molecule has 1 N–H and O–H groups in total. The number of benzene rings is 1. The molecule has 0 aliphatic carbocycles. The van der Waals surface area contributed by atoms with Gasteiger partial charge in [0.2, 0.25) is 0 Å². The summed E-state index contributed by atoms with van der Waals surface area (Å²) in [4.78, 5) is 0. The van der Waals surface area contributed by atoms with Crippen LogP contribution in [-0.2, 0) is 6.18 Å². The maximum Gasteiger partial charge on any atom is 0.416 e. The molecule has 24 heavy (non-hydrogen) atoms. The Labute approximate surface area is 134 Å². The SMILES string of the molecule is N#Cc1n[nH]nc1-c1ccc(C=Cc2cccc(C(F)(F)F)c2)o1. The second-order valence-electron chi connectivity index (χ2n) is 4.79. The van der Waals surface area contributed by atoms with Gasteiger partial charge in [-0.15, -0.1) is 5.10 Å². The van der Waals surface area contributed by atoms with Crippen LogP contribution in [0.15, 0.2) is 40.8 Å². The number of H-pyrrole nitrogens is 1. The molecule has 120 valence electrons. The Bertz CT molecular complexity index is 931. The summed E-state index contributed by atoms with van der Waals surface area (Å²) in [5.41, 5.74) is 0.0435. The van der Waals surface area contributed by atoms with Crippen LogP contribution in [0, 0.1) is 11.3 Å². The predicted octanol–water partition coefficient (Wildman–Crippen LogP) is 4.13. The molecule has 0 atom stereocenters. The summed E-state index contributed by atoms with van der Waals surface area (Å²) < 4.78 is 43.5. The molecule has 0 spiro atoms. The van der Waals surface area contributed by atoms with Crippen molar-refractivity contribution in [2.45, 2.75) is 6.18 Å². The molecule has 0 aliphatic rings. The van der Waals surface area contributed by atoms with E-state index in [2.05, 4.69) is 15.4 Å². The topological polar surface area (TPSA) is 78.5 Å². The van der Waals surface area contributed by atoms with E-state index < -0.39 is 11.7 Å². The second-order valence-corrected chi connectivity index (χ2v) is 4.79. The zero-order valence-corrected chi connectivity index (χ0v) is 12.0. The zero-order chi connectivity index (χ0) is 17.2. The second kappa shape index (κ2) is 6.04. The third kappa shape index (κ3) is 3.20. The van der Waals surface area contributed by atoms with Crippen LogP contribution in [0.4, 0.5) is 13.2 Å². The molecule has 3 rings (SSSR count). The molecule has 8 heteroatoms. The molecule has 2 heterocycles. The Kier molecular flexibility index (Phi) is 3.92. The minimum atomic E-state index is -4.39. The summed E-state index contributed by atoms with van der Waals surface area (Å²) in [6, 6.07) is 10.0. The summed E-state index contributed by atoms with van der Waals surface area (Å²) in [7, 11) is 0. The first-order valence-electron chi connectivity index (χ1n) is 6.74. The van der Waals surface area contributed by atoms with Gasteiger partial charge < -0.3 is 4.42 Å². The maximum atomic E-state index is 12.7. The highest BCUT2D eigenvalue weighted by molar-refractivity contribution is 5.69. The first-order valence-corrected chi connectivity index (χ1v) is 6.74. The average molecular weight is 330 g/mol. The minimum absolute atomic E-state index is 0.0951. The van der Waals surface area contributed by atoms with Gasteiger partial charge in [0, 0.05) is 0 Å². The summed E-state index contributed by atoms with van der Waals surface area (Å²) in [6.45, 7) is 0. The molecule has 0 amide bonds. The summed E-state index contributed by atoms with van der Waals surface area (Å²) in [5, 5.41) is 18.7. The number of nitrogens with zero attached hydrogens (tertiary/aromatic N) is 3. The summed E-state index contributed by atoms with van der Waals surface area (Å²) >= 11 is 0. The Balaban J connectivity index is 1.83. The number of aromatic amines is 1. The molecule has 1 aromatic carbocycles. The largest absolute Gasteiger partial charge is 0.455 e. The third-order valence-corrected chi connectivity index (χ3v) is 3.17. The molecule has 5 nitrogen and oxygen atoms in total. The van der Waals surface area contributed by atoms with E-state index in [4.69, 9.17) is 9.68 Å². The first kappa shape index (κ1) is 15.6. The lowest BCUT2D eigenvalue weighted by molar-refractivity contribution is -0.137. The number of halogens is 3. The lowest BCUT2D eigenvalue weighted by Gasteiger charge is -2.06. The number of nitrogens with one attached hydrogen (secondary N) is 1. The molecule has 0 unspecified atom stereocenters. The summed E-state index contributed by atoms with van der Waals surface area (Å²) in [6.07, 6.45) is -1.35. The van der Waals surface area contributed by atoms with Crippen LogP contribution in [-0.4, -0.2) is 15.4 Å². The normalized spacial score (nSPS) is 11.8. The van der Waals surface area contributed by atoms with Gasteiger partial charge in [0.05, 0.1) is 5.56 Å². The Morgan fingerprint density at radius 1 is 1.12 bits per heavy atom. The number of hydrogen-bond acceptors (Lipinski definition) is 4. The first-order chi connectivity index (χ1) is 11.5. The number of alkyl halides is 3. The van der Waals surface area contributed by atoms with Crippen molar-refractivity contribution in [3.05, 3.63) is 59.0 Å². The fourth-order valence-electron chi connectivity index (χ4n) is 2.05. The highest BCUT2D eigenvalue weighted by atomic mass is 19.4. The zero-order valence-electron chi connectivity index (χ0n) is 12.0. The van der Waals surface area contributed by atoms with Gasteiger partial charge >= 0.3 is 6.18 Å². The molecule has 0 saturated heterocycles. The quantitative estimate of drug-likeness (QED) is 0.783. The van der Waals surface area contributed by atoms with Crippen LogP contribution in [0.5, 0.6) is 0 Å². The van der Waals surface area contributed by atoms with Crippen molar-refractivity contribution in [1.29, 1.82) is 5.26 Å². The van der Waals surface area contributed by atoms with Crippen molar-refractivity contribution in [3.8, 4) is 17.5 Å². The number of furan rings is 1. The standard InChI is InChI=1S/C16H9F3N4O/c17-16(18,19)11-3-1-2-10(8-11)4-5-12-6-7-14(24-12)15-13(9-20)21-23-22-15/h1-8H,(H,21,22,23). The Hall–Kier alpha value is -3.34. The van der Waals surface area contributed by atoms with E-state index in [0.717, 1.165) is 12.1 Å². The number of hydrogen-bond donors (Lipinski definition) is 1. The van der Waals surface area contributed by atoms with Crippen molar-refractivity contribution in [1.82, 2.24) is 15.4 Å². The van der Waals surface area contributed by atoms with Gasteiger partial charge in [-0.2, -0.15) is 28.7 Å². The van der Waals surface area contributed by atoms with E-state index >= 15 is 0 Å². The number of nitriles is 1. The number of rotatable bonds is 3. The lowest BCUT2D eigenvalue weighted by atomic mass is 10.1. The molecular weight excluding hydrogens is 321 g/mol. The van der Waals surface area contributed by atoms with Crippen LogP contribution in [0.2, 0.25) is 0 Å². The molecule has 2 aromatic heterocycles. The molecular formula is C16H9F3N4O. The van der Waals surface area contributed by atoms with E-state index in [0.29, 0.717) is 17.1 Å². The van der Waals surface area contributed by atoms with Gasteiger partial charge in [-0.25, -0.2) is 0 Å². The van der Waals surface area contributed by atoms with Crippen LogP contribution in [0.25, 0.3) is 23.6 Å². The van der Waals surface area contributed by atoms with Crippen LogP contribution in [0.1, 0.15) is 22.6 Å². The molecule has 0 aliphatic heterocycles. The number of aromatic nitrogens is 3. The lowest BCUT2D eigenvalue weighted by Crippen LogP contribution is -2.04. The van der Waals surface area contributed by atoms with E-state index in [1.807, 2.05) is 6.07 Å². The third-order valence-electron chi connectivity index (χ3n) is 3.17. The van der Waals surface area contributed by atoms with Gasteiger partial charge in [0.15, 0.2) is 17.1 Å². The summed E-state index contributed by atoms with van der Waals surface area (Å²) in [5.74, 6) is 0.748. The van der Waals surface area contributed by atoms with Crippen molar-refractivity contribution < 1.29 is 17.6 Å². The Morgan fingerprint density at radius 2 is 1.96 bits per heavy atom. The predicted molar refractivity (Wildman–Crippen MR) is 79.2 cm³/mol. The van der Waals surface area contributed by atoms with E-state index in [1.165, 1.54) is 18.2 Å². The van der Waals surface area contributed by atoms with Gasteiger partial charge in [0.25, 0.3) is 0 Å². The van der Waals surface area contributed by atoms with Gasteiger partial charge in [0.1, 0.15) is 11.8 Å². The molecule has 3 aromatic rings. The maximum absolute atomic E-state index is 12.7. The van der Waals surface area contributed by atoms with Gasteiger partial charge in [-0.3, -0.25) is 0 Å². The van der Waals surface area contributed by atoms with E-state index in [-0.39, 0.29) is 11.4 Å². The smallest absolute Gasteiger partial charge is 0.416 e. The average Bonchev–Trinajstić information content (AvgIpc) is 3.21. The van der Waals surface area contributed by atoms with Crippen molar-refractivity contribution in [2.24, 2.45) is 0 Å². The minimum Gasteiger partial charge on any atom is -0.455 e. The van der Waals surface area contributed by atoms with Gasteiger partial charge in [-0.05, 0) is 35.9 Å². The molecule has 0 fully saturated rings. The van der Waals surface area contributed by atoms with Crippen molar-refractivity contribution in [3.63, 3.8) is 0 Å². The van der Waals surface area contributed by atoms with Crippen molar-refractivity contribution in [2.75, 3.05) is 0 Å². The molecule has 0 radical (unpaired) electrons. The van der Waals surface area contributed by atoms with Crippen LogP contribution >= 0.6 is 0 Å². The molecule has 0 saturated carbocycles. The van der Waals surface area contributed by atoms with Crippen molar-refractivity contribution >= 4 is 12.2 Å². The van der Waals surface area contributed by atoms with Crippen LogP contribution < -0.4 is 0 Å².